The largest absolute Gasteiger partial charge is 0.260 e. The maximum atomic E-state index is 13.1. The maximum absolute atomic E-state index is 13.1. The first-order valence-electron chi connectivity index (χ1n) is 6.16. The first-order chi connectivity index (χ1) is 9.82. The van der Waals surface area contributed by atoms with Crippen LogP contribution in [-0.2, 0) is 10.0 Å². The molecule has 0 aliphatic carbocycles. The van der Waals surface area contributed by atoms with E-state index in [0.717, 1.165) is 22.8 Å². The van der Waals surface area contributed by atoms with E-state index in [1.54, 1.807) is 6.92 Å². The van der Waals surface area contributed by atoms with Gasteiger partial charge in [0, 0.05) is 19.3 Å². The van der Waals surface area contributed by atoms with Gasteiger partial charge in [0.05, 0.1) is 6.20 Å². The fourth-order valence-electron chi connectivity index (χ4n) is 1.86. The van der Waals surface area contributed by atoms with E-state index in [0.29, 0.717) is 5.56 Å². The Hall–Kier alpha value is -1.86. The van der Waals surface area contributed by atoms with E-state index >= 15 is 0 Å². The highest BCUT2D eigenvalue weighted by Crippen LogP contribution is 2.25. The summed E-state index contributed by atoms with van der Waals surface area (Å²) in [4.78, 5) is 3.32. The molecule has 1 aromatic heterocycles. The molecular formula is C14H14F2N2O2S. The van der Waals surface area contributed by atoms with E-state index in [-0.39, 0.29) is 4.90 Å². The van der Waals surface area contributed by atoms with E-state index in [2.05, 4.69) is 4.98 Å². The lowest BCUT2D eigenvalue weighted by atomic mass is 10.1. The summed E-state index contributed by atoms with van der Waals surface area (Å²) in [5.74, 6) is -1.12. The van der Waals surface area contributed by atoms with E-state index in [9.17, 15) is 17.2 Å². The number of nitrogens with zero attached hydrogens (tertiary/aromatic N) is 2. The average Bonchev–Trinajstić information content (AvgIpc) is 2.46. The van der Waals surface area contributed by atoms with Gasteiger partial charge in [0.25, 0.3) is 0 Å². The smallest absolute Gasteiger partial charge is 0.245 e. The van der Waals surface area contributed by atoms with Crippen molar-refractivity contribution in [3.8, 4) is 0 Å². The first kappa shape index (κ1) is 15.5. The van der Waals surface area contributed by atoms with Crippen LogP contribution in [0.5, 0.6) is 0 Å². The van der Waals surface area contributed by atoms with Crippen LogP contribution in [-0.4, -0.2) is 24.8 Å². The van der Waals surface area contributed by atoms with E-state index in [1.807, 2.05) is 0 Å². The molecule has 0 N–H and O–H groups in total. The average molecular weight is 312 g/mol. The van der Waals surface area contributed by atoms with E-state index < -0.39 is 27.7 Å². The van der Waals surface area contributed by atoms with Crippen LogP contribution in [0.4, 0.5) is 8.78 Å². The van der Waals surface area contributed by atoms with E-state index in [4.69, 9.17) is 0 Å². The zero-order valence-corrected chi connectivity index (χ0v) is 12.3. The third-order valence-electron chi connectivity index (χ3n) is 3.25. The summed E-state index contributed by atoms with van der Waals surface area (Å²) in [5.41, 5.74) is 0.631. The second-order valence-corrected chi connectivity index (χ2v) is 6.59. The van der Waals surface area contributed by atoms with Crippen LogP contribution in [0.3, 0.4) is 0 Å². The van der Waals surface area contributed by atoms with Gasteiger partial charge in [0.15, 0.2) is 0 Å². The third kappa shape index (κ3) is 3.25. The molecule has 7 heteroatoms. The zero-order valence-electron chi connectivity index (χ0n) is 11.5. The summed E-state index contributed by atoms with van der Waals surface area (Å²) < 4.78 is 52.0. The molecule has 1 aromatic carbocycles. The Morgan fingerprint density at radius 1 is 1.10 bits per heavy atom. The minimum Gasteiger partial charge on any atom is -0.260 e. The molecule has 2 aromatic rings. The molecule has 0 aliphatic rings. The predicted octanol–water partition coefficient (Wildman–Crippen LogP) is 2.74. The molecule has 0 unspecified atom stereocenters. The van der Waals surface area contributed by atoms with Gasteiger partial charge in [-0.25, -0.2) is 17.2 Å². The number of benzene rings is 1. The first-order valence-corrected chi connectivity index (χ1v) is 7.60. The summed E-state index contributed by atoms with van der Waals surface area (Å²) in [6.07, 6.45) is 2.02. The minimum absolute atomic E-state index is 0.223. The number of hydrogen-bond acceptors (Lipinski definition) is 3. The summed E-state index contributed by atoms with van der Waals surface area (Å²) in [6, 6.07) is 5.92. The van der Waals surface area contributed by atoms with Crippen molar-refractivity contribution in [1.29, 1.82) is 0 Å². The van der Waals surface area contributed by atoms with Crippen molar-refractivity contribution in [2.45, 2.75) is 17.9 Å². The summed E-state index contributed by atoms with van der Waals surface area (Å²) in [6.45, 7) is 1.66. The zero-order chi connectivity index (χ0) is 15.6. The van der Waals surface area contributed by atoms with Crippen molar-refractivity contribution in [3.63, 3.8) is 0 Å². The van der Waals surface area contributed by atoms with Crippen LogP contribution in [0, 0.1) is 11.6 Å². The highest BCUT2D eigenvalue weighted by Gasteiger charge is 2.27. The Morgan fingerprint density at radius 3 is 2.29 bits per heavy atom. The molecule has 21 heavy (non-hydrogen) atoms. The lowest BCUT2D eigenvalue weighted by Gasteiger charge is -2.24. The van der Waals surface area contributed by atoms with Gasteiger partial charge in [-0.2, -0.15) is 4.31 Å². The van der Waals surface area contributed by atoms with Crippen LogP contribution >= 0.6 is 0 Å². The van der Waals surface area contributed by atoms with Gasteiger partial charge in [0.1, 0.15) is 16.5 Å². The van der Waals surface area contributed by atoms with Crippen molar-refractivity contribution in [2.24, 2.45) is 0 Å². The van der Waals surface area contributed by atoms with Crippen LogP contribution in [0.25, 0.3) is 0 Å². The molecule has 1 heterocycles. The second kappa shape index (κ2) is 5.87. The van der Waals surface area contributed by atoms with Gasteiger partial charge in [-0.3, -0.25) is 4.98 Å². The highest BCUT2D eigenvalue weighted by molar-refractivity contribution is 7.89. The molecular weight excluding hydrogens is 298 g/mol. The lowest BCUT2D eigenvalue weighted by molar-refractivity contribution is 0.397. The maximum Gasteiger partial charge on any atom is 0.245 e. The van der Waals surface area contributed by atoms with Crippen molar-refractivity contribution < 1.29 is 17.2 Å². The van der Waals surface area contributed by atoms with Crippen molar-refractivity contribution in [1.82, 2.24) is 9.29 Å². The Morgan fingerprint density at radius 2 is 1.71 bits per heavy atom. The molecule has 1 atom stereocenters. The number of aromatic nitrogens is 1. The Kier molecular flexibility index (Phi) is 4.34. The highest BCUT2D eigenvalue weighted by atomic mass is 32.2. The Labute approximate surface area is 122 Å². The summed E-state index contributed by atoms with van der Waals surface area (Å²) in [5, 5.41) is 0. The van der Waals surface area contributed by atoms with Gasteiger partial charge in [0.2, 0.25) is 10.0 Å². The van der Waals surface area contributed by atoms with Gasteiger partial charge in [-0.05, 0) is 30.7 Å². The molecule has 0 amide bonds. The van der Waals surface area contributed by atoms with Gasteiger partial charge in [-0.1, -0.05) is 12.1 Å². The number of pyridine rings is 1. The second-order valence-electron chi connectivity index (χ2n) is 4.59. The van der Waals surface area contributed by atoms with Crippen molar-refractivity contribution >= 4 is 10.0 Å². The molecule has 2 rings (SSSR count). The molecule has 112 valence electrons. The summed E-state index contributed by atoms with van der Waals surface area (Å²) >= 11 is 0. The molecule has 4 nitrogen and oxygen atoms in total. The number of hydrogen-bond donors (Lipinski definition) is 0. The Balaban J connectivity index is 2.33. The standard InChI is InChI=1S/C14H14F2N2O2S/c1-10(11-3-5-12(15)6-4-11)18(2)21(19,20)14-7-13(16)8-17-9-14/h3-10H,1-2H3/t10-/m0/s1. The quantitative estimate of drug-likeness (QED) is 0.872. The monoisotopic (exact) mass is 312 g/mol. The Bertz CT molecular complexity index is 733. The molecule has 0 saturated heterocycles. The number of sulfonamides is 1. The topological polar surface area (TPSA) is 50.3 Å². The fourth-order valence-corrected chi connectivity index (χ4v) is 3.19. The lowest BCUT2D eigenvalue weighted by Crippen LogP contribution is -2.30. The molecule has 0 spiro atoms. The SMILES string of the molecule is C[C@@H](c1ccc(F)cc1)N(C)S(=O)(=O)c1cncc(F)c1. The summed E-state index contributed by atoms with van der Waals surface area (Å²) in [7, 11) is -2.50. The normalized spacial score (nSPS) is 13.4. The molecule has 0 fully saturated rings. The molecule has 0 radical (unpaired) electrons. The van der Waals surface area contributed by atoms with Gasteiger partial charge >= 0.3 is 0 Å². The predicted molar refractivity (Wildman–Crippen MR) is 74.0 cm³/mol. The fraction of sp³-hybridized carbons (Fsp3) is 0.214. The number of halogens is 2. The molecule has 0 aliphatic heterocycles. The van der Waals surface area contributed by atoms with Crippen LogP contribution < -0.4 is 0 Å². The van der Waals surface area contributed by atoms with Crippen LogP contribution in [0.2, 0.25) is 0 Å². The van der Waals surface area contributed by atoms with Crippen molar-refractivity contribution in [3.05, 3.63) is 59.9 Å². The minimum atomic E-state index is -3.88. The van der Waals surface area contributed by atoms with Crippen molar-refractivity contribution in [2.75, 3.05) is 7.05 Å². The van der Waals surface area contributed by atoms with Gasteiger partial charge in [-0.15, -0.1) is 0 Å². The third-order valence-corrected chi connectivity index (χ3v) is 5.15. The van der Waals surface area contributed by atoms with E-state index in [1.165, 1.54) is 31.3 Å². The molecule has 0 saturated carbocycles. The van der Waals surface area contributed by atoms with Crippen LogP contribution in [0.1, 0.15) is 18.5 Å². The van der Waals surface area contributed by atoms with Gasteiger partial charge < -0.3 is 0 Å². The van der Waals surface area contributed by atoms with Crippen LogP contribution in [0.15, 0.2) is 47.6 Å². The number of rotatable bonds is 4. The molecule has 0 bridgehead atoms.